The second-order valence-corrected chi connectivity index (χ2v) is 6.47. The molecule has 7 heteroatoms. The molecule has 0 amide bonds. The van der Waals surface area contributed by atoms with Gasteiger partial charge in [0, 0.05) is 23.6 Å². The lowest BCUT2D eigenvalue weighted by molar-refractivity contribution is -0.153. The number of piperidine rings is 1. The standard InChI is InChI=1S/C17H20F3NO3/c1-21-13-6-12(7-14(21)9-23-8-13)16(22)11-2-4-15(5-3-11)24-10-17(18,19)20/h2-5,12-14H,6-10H2,1H3. The Labute approximate surface area is 138 Å². The SMILES string of the molecule is CN1C2COCC1CC(C(=O)c1ccc(OCC(F)(F)F)cc1)C2. The lowest BCUT2D eigenvalue weighted by atomic mass is 9.81. The fraction of sp³-hybridized carbons (Fsp3) is 0.588. The number of hydrogen-bond donors (Lipinski definition) is 0. The number of Topliss-reactive ketones (excluding diaryl/α,β-unsaturated/α-hetero) is 1. The van der Waals surface area contributed by atoms with Gasteiger partial charge in [-0.1, -0.05) is 0 Å². The molecule has 0 aromatic heterocycles. The van der Waals surface area contributed by atoms with E-state index in [-0.39, 0.29) is 29.5 Å². The number of ketones is 1. The first-order chi connectivity index (χ1) is 11.3. The van der Waals surface area contributed by atoms with Crippen molar-refractivity contribution in [3.8, 4) is 5.75 Å². The Morgan fingerprint density at radius 2 is 1.79 bits per heavy atom. The summed E-state index contributed by atoms with van der Waals surface area (Å²) >= 11 is 0. The number of halogens is 3. The third-order valence-corrected chi connectivity index (χ3v) is 4.80. The first kappa shape index (κ1) is 17.2. The molecule has 2 atom stereocenters. The number of likely N-dealkylation sites (N-methyl/N-ethyl adjacent to an activating group) is 1. The van der Waals surface area contributed by atoms with E-state index in [4.69, 9.17) is 4.74 Å². The third kappa shape index (κ3) is 3.89. The molecule has 0 aliphatic carbocycles. The minimum absolute atomic E-state index is 0.0439. The van der Waals surface area contributed by atoms with Crippen LogP contribution in [0.25, 0.3) is 0 Å². The Hall–Kier alpha value is -1.60. The van der Waals surface area contributed by atoms with Gasteiger partial charge in [0.25, 0.3) is 0 Å². The topological polar surface area (TPSA) is 38.8 Å². The summed E-state index contributed by atoms with van der Waals surface area (Å²) in [6.07, 6.45) is -2.88. The smallest absolute Gasteiger partial charge is 0.422 e. The molecule has 2 bridgehead atoms. The summed E-state index contributed by atoms with van der Waals surface area (Å²) < 4.78 is 46.6. The van der Waals surface area contributed by atoms with E-state index in [1.54, 1.807) is 12.1 Å². The molecule has 0 saturated carbocycles. The van der Waals surface area contributed by atoms with Gasteiger partial charge in [-0.05, 0) is 44.2 Å². The number of alkyl halides is 3. The van der Waals surface area contributed by atoms with Gasteiger partial charge in [0.2, 0.25) is 0 Å². The zero-order valence-electron chi connectivity index (χ0n) is 13.4. The Morgan fingerprint density at radius 3 is 2.33 bits per heavy atom. The van der Waals surface area contributed by atoms with Crippen LogP contribution in [0.5, 0.6) is 5.75 Å². The van der Waals surface area contributed by atoms with Crippen molar-refractivity contribution in [2.75, 3.05) is 26.9 Å². The number of morpholine rings is 1. The van der Waals surface area contributed by atoms with Gasteiger partial charge in [0.1, 0.15) is 5.75 Å². The number of carbonyl (C=O) groups excluding carboxylic acids is 1. The van der Waals surface area contributed by atoms with Crippen LogP contribution < -0.4 is 4.74 Å². The molecule has 2 unspecified atom stereocenters. The summed E-state index contributed by atoms with van der Waals surface area (Å²) in [5.41, 5.74) is 0.517. The van der Waals surface area contributed by atoms with Crippen LogP contribution in [0.3, 0.4) is 0 Å². The number of nitrogens with zero attached hydrogens (tertiary/aromatic N) is 1. The Kier molecular flexibility index (Phi) is 4.83. The Bertz CT molecular complexity index is 574. The summed E-state index contributed by atoms with van der Waals surface area (Å²) in [6, 6.07) is 6.41. The molecule has 2 fully saturated rings. The molecule has 2 heterocycles. The lowest BCUT2D eigenvalue weighted by Gasteiger charge is -2.46. The fourth-order valence-corrected chi connectivity index (χ4v) is 3.43. The van der Waals surface area contributed by atoms with Crippen molar-refractivity contribution >= 4 is 5.78 Å². The van der Waals surface area contributed by atoms with E-state index in [1.165, 1.54) is 12.1 Å². The van der Waals surface area contributed by atoms with Crippen LogP contribution in [-0.4, -0.2) is 55.8 Å². The van der Waals surface area contributed by atoms with E-state index < -0.39 is 12.8 Å². The van der Waals surface area contributed by atoms with Crippen LogP contribution in [0.1, 0.15) is 23.2 Å². The van der Waals surface area contributed by atoms with E-state index >= 15 is 0 Å². The number of hydrogen-bond acceptors (Lipinski definition) is 4. The molecule has 0 radical (unpaired) electrons. The minimum atomic E-state index is -4.37. The van der Waals surface area contributed by atoms with Crippen molar-refractivity contribution in [3.05, 3.63) is 29.8 Å². The first-order valence-electron chi connectivity index (χ1n) is 7.97. The second kappa shape index (κ2) is 6.72. The van der Waals surface area contributed by atoms with Gasteiger partial charge in [-0.2, -0.15) is 13.2 Å². The highest BCUT2D eigenvalue weighted by Gasteiger charge is 2.39. The molecular weight excluding hydrogens is 323 g/mol. The molecule has 0 N–H and O–H groups in total. The highest BCUT2D eigenvalue weighted by molar-refractivity contribution is 5.98. The fourth-order valence-electron chi connectivity index (χ4n) is 3.43. The number of ether oxygens (including phenoxy) is 2. The van der Waals surface area contributed by atoms with Crippen LogP contribution in [0, 0.1) is 5.92 Å². The molecule has 2 aliphatic heterocycles. The molecule has 1 aromatic rings. The first-order valence-corrected chi connectivity index (χ1v) is 7.97. The lowest BCUT2D eigenvalue weighted by Crippen LogP contribution is -2.55. The van der Waals surface area contributed by atoms with Gasteiger partial charge in [-0.3, -0.25) is 9.69 Å². The van der Waals surface area contributed by atoms with Gasteiger partial charge in [-0.15, -0.1) is 0 Å². The van der Waals surface area contributed by atoms with Gasteiger partial charge >= 0.3 is 6.18 Å². The third-order valence-electron chi connectivity index (χ3n) is 4.80. The van der Waals surface area contributed by atoms with E-state index in [0.717, 1.165) is 12.8 Å². The quantitative estimate of drug-likeness (QED) is 0.788. The maximum Gasteiger partial charge on any atom is 0.422 e. The van der Waals surface area contributed by atoms with Crippen LogP contribution in [0.4, 0.5) is 13.2 Å². The van der Waals surface area contributed by atoms with E-state index in [9.17, 15) is 18.0 Å². The van der Waals surface area contributed by atoms with Crippen molar-refractivity contribution in [3.63, 3.8) is 0 Å². The summed E-state index contributed by atoms with van der Waals surface area (Å²) in [5.74, 6) is 0.0851. The predicted octanol–water partition coefficient (Wildman–Crippen LogP) is 2.92. The molecule has 0 spiro atoms. The molecule has 132 valence electrons. The van der Waals surface area contributed by atoms with E-state index in [2.05, 4.69) is 16.7 Å². The van der Waals surface area contributed by atoms with Crippen molar-refractivity contribution in [1.29, 1.82) is 0 Å². The average Bonchev–Trinajstić information content (AvgIpc) is 2.52. The normalized spacial score (nSPS) is 27.8. The van der Waals surface area contributed by atoms with Crippen LogP contribution in [-0.2, 0) is 4.74 Å². The minimum Gasteiger partial charge on any atom is -0.484 e. The molecule has 3 rings (SSSR count). The maximum absolute atomic E-state index is 12.7. The Morgan fingerprint density at radius 1 is 1.21 bits per heavy atom. The highest BCUT2D eigenvalue weighted by Crippen LogP contribution is 2.32. The highest BCUT2D eigenvalue weighted by atomic mass is 19.4. The number of benzene rings is 1. The van der Waals surface area contributed by atoms with Crippen LogP contribution in [0.15, 0.2) is 24.3 Å². The zero-order valence-corrected chi connectivity index (χ0v) is 13.4. The second-order valence-electron chi connectivity index (χ2n) is 6.47. The maximum atomic E-state index is 12.7. The zero-order chi connectivity index (χ0) is 17.3. The monoisotopic (exact) mass is 343 g/mol. The summed E-state index contributed by atoms with van der Waals surface area (Å²) in [5, 5.41) is 0. The van der Waals surface area contributed by atoms with Gasteiger partial charge in [0.15, 0.2) is 12.4 Å². The van der Waals surface area contributed by atoms with Crippen LogP contribution in [0.2, 0.25) is 0 Å². The number of fused-ring (bicyclic) bond motifs is 2. The number of rotatable bonds is 4. The summed E-state index contributed by atoms with van der Waals surface area (Å²) in [6.45, 7) is -0.0549. The molecule has 24 heavy (non-hydrogen) atoms. The molecule has 2 saturated heterocycles. The molecule has 2 aliphatic rings. The average molecular weight is 343 g/mol. The van der Waals surface area contributed by atoms with Crippen molar-refractivity contribution in [2.24, 2.45) is 5.92 Å². The van der Waals surface area contributed by atoms with Crippen molar-refractivity contribution in [1.82, 2.24) is 4.90 Å². The van der Waals surface area contributed by atoms with Crippen molar-refractivity contribution < 1.29 is 27.4 Å². The molecular formula is C17H20F3NO3. The van der Waals surface area contributed by atoms with Crippen LogP contribution >= 0.6 is 0 Å². The number of carbonyl (C=O) groups is 1. The van der Waals surface area contributed by atoms with Crippen molar-refractivity contribution in [2.45, 2.75) is 31.1 Å². The Balaban J connectivity index is 1.63. The van der Waals surface area contributed by atoms with Gasteiger partial charge in [0.05, 0.1) is 13.2 Å². The summed E-state index contributed by atoms with van der Waals surface area (Å²) in [7, 11) is 2.06. The largest absolute Gasteiger partial charge is 0.484 e. The van der Waals surface area contributed by atoms with E-state index in [0.29, 0.717) is 18.8 Å². The molecule has 4 nitrogen and oxygen atoms in total. The van der Waals surface area contributed by atoms with Gasteiger partial charge < -0.3 is 9.47 Å². The van der Waals surface area contributed by atoms with E-state index in [1.807, 2.05) is 0 Å². The summed E-state index contributed by atoms with van der Waals surface area (Å²) in [4.78, 5) is 15.0. The van der Waals surface area contributed by atoms with Gasteiger partial charge in [-0.25, -0.2) is 0 Å². The molecule has 1 aromatic carbocycles. The predicted molar refractivity (Wildman–Crippen MR) is 81.2 cm³/mol.